The number of carbonyl (C=O) groups excluding carboxylic acids is 4. The molecule has 1 aromatic rings. The minimum atomic E-state index is -1.83. The Balaban J connectivity index is 1.76. The zero-order valence-corrected chi connectivity index (χ0v) is 31.7. The van der Waals surface area contributed by atoms with E-state index in [1.807, 2.05) is 13.0 Å². The van der Waals surface area contributed by atoms with Crippen molar-refractivity contribution >= 4 is 53.2 Å². The molecule has 3 aliphatic rings. The number of halogens is 1. The average Bonchev–Trinajstić information content (AvgIpc) is 3.79. The normalized spacial score (nSPS) is 31.9. The van der Waals surface area contributed by atoms with Gasteiger partial charge in [0.2, 0.25) is 11.8 Å². The molecule has 0 radical (unpaired) electrons. The van der Waals surface area contributed by atoms with E-state index in [-0.39, 0.29) is 35.9 Å². The van der Waals surface area contributed by atoms with Crippen LogP contribution in [0.1, 0.15) is 52.5 Å². The predicted molar refractivity (Wildman–Crippen MR) is 191 cm³/mol. The third kappa shape index (κ3) is 9.00. The van der Waals surface area contributed by atoms with Crippen molar-refractivity contribution in [3.8, 4) is 5.75 Å². The summed E-state index contributed by atoms with van der Waals surface area (Å²) < 4.78 is 38.1. The van der Waals surface area contributed by atoms with Crippen LogP contribution in [0, 0.1) is 5.92 Å². The van der Waals surface area contributed by atoms with Crippen molar-refractivity contribution in [2.45, 2.75) is 95.2 Å². The van der Waals surface area contributed by atoms with Crippen molar-refractivity contribution in [2.75, 3.05) is 39.0 Å². The van der Waals surface area contributed by atoms with Gasteiger partial charge in [-0.05, 0) is 56.9 Å². The number of rotatable bonds is 8. The number of epoxide rings is 1. The molecule has 1 aromatic carbocycles. The van der Waals surface area contributed by atoms with Gasteiger partial charge in [-0.15, -0.1) is 0 Å². The summed E-state index contributed by atoms with van der Waals surface area (Å²) in [6, 6.07) is 2.53. The highest BCUT2D eigenvalue weighted by atomic mass is 35.5. The van der Waals surface area contributed by atoms with Gasteiger partial charge in [0.15, 0.2) is 5.72 Å². The van der Waals surface area contributed by atoms with E-state index >= 15 is 0 Å². The van der Waals surface area contributed by atoms with Crippen LogP contribution < -0.4 is 15.0 Å². The molecule has 0 saturated carbocycles. The van der Waals surface area contributed by atoms with Crippen LogP contribution in [0.15, 0.2) is 35.9 Å². The number of aliphatic hydroxyl groups is 1. The van der Waals surface area contributed by atoms with Crippen molar-refractivity contribution in [3.05, 3.63) is 46.5 Å². The number of hydrogen-bond acceptors (Lipinski definition) is 12. The molecule has 0 aliphatic carbocycles. The van der Waals surface area contributed by atoms with Crippen LogP contribution in [0.5, 0.6) is 5.75 Å². The first-order chi connectivity index (χ1) is 24.0. The summed E-state index contributed by atoms with van der Waals surface area (Å²) in [5.41, 5.74) is -0.974. The molecule has 8 atom stereocenters. The fourth-order valence-electron chi connectivity index (χ4n) is 6.53. The van der Waals surface area contributed by atoms with Crippen molar-refractivity contribution in [2.24, 2.45) is 5.92 Å². The number of fused-ring (bicyclic) bond motifs is 5. The third-order valence-corrected chi connectivity index (χ3v) is 10.7. The Bertz CT molecular complexity index is 1560. The number of benzene rings is 1. The zero-order valence-electron chi connectivity index (χ0n) is 30.1. The van der Waals surface area contributed by atoms with E-state index in [2.05, 4.69) is 5.32 Å². The van der Waals surface area contributed by atoms with Crippen molar-refractivity contribution in [1.82, 2.24) is 10.2 Å². The van der Waals surface area contributed by atoms with Crippen molar-refractivity contribution in [1.29, 1.82) is 0 Å². The van der Waals surface area contributed by atoms with E-state index in [1.54, 1.807) is 45.2 Å². The predicted octanol–water partition coefficient (Wildman–Crippen LogP) is 4.11. The number of allylic oxidation sites excluding steroid dienone is 3. The number of carbonyl (C=O) groups is 4. The highest BCUT2D eigenvalue weighted by molar-refractivity contribution is 7.93. The number of ether oxygens (including phenoxy) is 5. The van der Waals surface area contributed by atoms with Crippen LogP contribution >= 0.6 is 23.6 Å². The van der Waals surface area contributed by atoms with Crippen LogP contribution in [0.3, 0.4) is 0 Å². The number of esters is 1. The molecular formula is C35H48ClN3O11S. The Morgan fingerprint density at radius 2 is 1.98 bits per heavy atom. The molecule has 282 valence electrons. The summed E-state index contributed by atoms with van der Waals surface area (Å²) in [7, 11) is 5.91. The van der Waals surface area contributed by atoms with Crippen LogP contribution in [-0.2, 0) is 39.8 Å². The lowest BCUT2D eigenvalue weighted by atomic mass is 9.83. The van der Waals surface area contributed by atoms with Gasteiger partial charge in [0.25, 0.3) is 0 Å². The summed E-state index contributed by atoms with van der Waals surface area (Å²) in [5, 5.41) is 14.4. The molecule has 2 saturated heterocycles. The lowest BCUT2D eigenvalue weighted by Gasteiger charge is -2.42. The number of nitrogens with one attached hydrogen (secondary N) is 1. The largest absolute Gasteiger partial charge is 0.495 e. The van der Waals surface area contributed by atoms with Gasteiger partial charge in [0.1, 0.15) is 40.7 Å². The van der Waals surface area contributed by atoms with Crippen LogP contribution in [0.2, 0.25) is 5.02 Å². The van der Waals surface area contributed by atoms with Crippen molar-refractivity contribution < 1.29 is 52.5 Å². The number of methoxy groups -OCH3 is 2. The number of amides is 3. The number of alkyl carbamates (subject to hydrolysis) is 1. The Morgan fingerprint density at radius 1 is 1.27 bits per heavy atom. The van der Waals surface area contributed by atoms with Crippen LogP contribution in [0.25, 0.3) is 0 Å². The van der Waals surface area contributed by atoms with Crippen LogP contribution in [0.4, 0.5) is 10.5 Å². The maximum absolute atomic E-state index is 14.1. The molecule has 0 spiro atoms. The first kappa shape index (κ1) is 40.4. The monoisotopic (exact) mass is 753 g/mol. The first-order valence-electron chi connectivity index (χ1n) is 16.6. The van der Waals surface area contributed by atoms with Crippen molar-refractivity contribution in [3.63, 3.8) is 0 Å². The zero-order chi connectivity index (χ0) is 37.8. The quantitative estimate of drug-likeness (QED) is 0.197. The summed E-state index contributed by atoms with van der Waals surface area (Å²) in [4.78, 5) is 55.7. The fraction of sp³-hybridized carbons (Fsp3) is 0.600. The van der Waals surface area contributed by atoms with Crippen LogP contribution in [-0.4, -0.2) is 114 Å². The van der Waals surface area contributed by atoms with E-state index in [0.29, 0.717) is 29.9 Å². The minimum Gasteiger partial charge on any atom is -0.495 e. The molecule has 3 N–H and O–H groups in total. The van der Waals surface area contributed by atoms with E-state index in [4.69, 9.17) is 39.8 Å². The van der Waals surface area contributed by atoms with Gasteiger partial charge in [0, 0.05) is 45.7 Å². The maximum Gasteiger partial charge on any atom is 0.409 e. The Kier molecular flexibility index (Phi) is 13.1. The van der Waals surface area contributed by atoms with Gasteiger partial charge in [-0.3, -0.25) is 14.9 Å². The molecule has 16 heteroatoms. The fourth-order valence-corrected chi connectivity index (χ4v) is 7.11. The van der Waals surface area contributed by atoms with E-state index in [0.717, 1.165) is 11.1 Å². The second-order valence-electron chi connectivity index (χ2n) is 13.5. The highest BCUT2D eigenvalue weighted by Crippen LogP contribution is 2.49. The lowest BCUT2D eigenvalue weighted by molar-refractivity contribution is -0.162. The number of hydrogen-bond donors (Lipinski definition) is 3. The molecule has 4 rings (SSSR count). The summed E-state index contributed by atoms with van der Waals surface area (Å²) >= 11 is 7.25. The molecule has 51 heavy (non-hydrogen) atoms. The molecule has 3 amide bonds. The van der Waals surface area contributed by atoms with E-state index in [9.17, 15) is 24.3 Å². The maximum atomic E-state index is 14.1. The lowest BCUT2D eigenvalue weighted by Crippen LogP contribution is -2.63. The molecule has 2 fully saturated rings. The topological polar surface area (TPSA) is 177 Å². The smallest absolute Gasteiger partial charge is 0.409 e. The van der Waals surface area contributed by atoms with Gasteiger partial charge in [0.05, 0.1) is 25.3 Å². The van der Waals surface area contributed by atoms with E-state index < -0.39 is 65.7 Å². The second kappa shape index (κ2) is 16.6. The average molecular weight is 754 g/mol. The second-order valence-corrected chi connectivity index (χ2v) is 14.5. The minimum absolute atomic E-state index is 0.00203. The van der Waals surface area contributed by atoms with Gasteiger partial charge in [-0.2, -0.15) is 0 Å². The molecule has 14 nitrogen and oxygen atoms in total. The summed E-state index contributed by atoms with van der Waals surface area (Å²) in [6.45, 7) is 6.89. The van der Waals surface area contributed by atoms with Gasteiger partial charge >= 0.3 is 12.1 Å². The Labute approximate surface area is 307 Å². The first-order valence-corrected chi connectivity index (χ1v) is 17.9. The number of nitrogens with zero attached hydrogens (tertiary/aromatic N) is 2. The molecule has 7 unspecified atom stereocenters. The molecular weight excluding hydrogens is 706 g/mol. The third-order valence-electron chi connectivity index (χ3n) is 9.93. The Hall–Kier alpha value is -3.34. The van der Waals surface area contributed by atoms with Gasteiger partial charge in [-0.25, -0.2) is 9.59 Å². The van der Waals surface area contributed by atoms with E-state index in [1.165, 1.54) is 38.0 Å². The summed E-state index contributed by atoms with van der Waals surface area (Å²) in [6.07, 6.45) is 0.802. The molecule has 3 heterocycles. The SMILES string of the molecule is COc1cc2cc(c1Cl)N(C)C(=O)CC(OC(=O)[C@H](C)N(C)C(=O)CCSO)C1(C)OC1C(C)C1CC(O)(NC(=O)O1)C(OC)/C=C/C=C(\C)C2. The molecule has 0 aromatic heterocycles. The van der Waals surface area contributed by atoms with Gasteiger partial charge in [-0.1, -0.05) is 42.3 Å². The standard InChI is InChI=1S/C35H48ClN3O11S/c1-19-10-9-11-26(47-8)35(44)18-25(48-33(43)37-35)20(2)31-34(4,50-31)27(49-32(42)21(3)38(5)28(40)12-13-51-45)17-29(41)39(6)23-15-22(14-19)16-24(46-7)30(23)36/h9-11,15-16,20-21,25-27,31,44-45H,12-14,17-18H2,1-8H3,(H,37,43)/b11-9+,19-10+/t20?,21-,25?,26?,27?,31?,34?,35?/m0/s1. The molecule has 3 aliphatic heterocycles. The number of anilines is 1. The summed E-state index contributed by atoms with van der Waals surface area (Å²) in [5.74, 6) is -1.63. The Morgan fingerprint density at radius 3 is 2.63 bits per heavy atom. The highest BCUT2D eigenvalue weighted by Gasteiger charge is 2.64. The molecule has 4 bridgehead atoms. The number of likely N-dealkylation sites (N-methyl/N-ethyl adjacent to an activating group) is 1. The van der Waals surface area contributed by atoms with Gasteiger partial charge < -0.3 is 43.1 Å².